The zero-order chi connectivity index (χ0) is 31.2. The fourth-order valence-electron chi connectivity index (χ4n) is 5.06. The van der Waals surface area contributed by atoms with Crippen LogP contribution >= 0.6 is 0 Å². The fourth-order valence-corrected chi connectivity index (χ4v) is 5.95. The van der Waals surface area contributed by atoms with E-state index in [1.165, 1.54) is 49.6 Å². The number of carbonyl (C=O) groups excluding carboxylic acids is 1. The number of alkyl halides is 2. The Bertz CT molecular complexity index is 2110. The Hall–Kier alpha value is -5.17. The first kappa shape index (κ1) is 28.9. The first-order valence-electron chi connectivity index (χ1n) is 13.3. The number of fused-ring (bicyclic) bond motifs is 2. The lowest BCUT2D eigenvalue weighted by atomic mass is 10.0. The van der Waals surface area contributed by atoms with Gasteiger partial charge in [0.2, 0.25) is 10.0 Å². The number of anilines is 1. The van der Waals surface area contributed by atoms with Crippen molar-refractivity contribution in [1.82, 2.24) is 20.3 Å². The number of amides is 1. The number of aromatic amines is 1. The van der Waals surface area contributed by atoms with Crippen molar-refractivity contribution in [3.05, 3.63) is 90.4 Å². The molecule has 1 amide bonds. The molecule has 13 heteroatoms. The monoisotopic (exact) mass is 619 g/mol. The van der Waals surface area contributed by atoms with Gasteiger partial charge >= 0.3 is 0 Å². The van der Waals surface area contributed by atoms with Crippen LogP contribution in [0, 0.1) is 5.82 Å². The van der Waals surface area contributed by atoms with Gasteiger partial charge in [0.1, 0.15) is 17.2 Å². The van der Waals surface area contributed by atoms with Gasteiger partial charge in [0.25, 0.3) is 12.3 Å². The Kier molecular flexibility index (Phi) is 7.33. The Balaban J connectivity index is 1.63. The second-order valence-electron chi connectivity index (χ2n) is 9.98. The molecule has 0 aliphatic rings. The molecule has 0 bridgehead atoms. The number of carbonyl (C=O) groups is 1. The molecule has 6 rings (SSSR count). The highest BCUT2D eigenvalue weighted by Crippen LogP contribution is 2.41. The summed E-state index contributed by atoms with van der Waals surface area (Å²) in [4.78, 5) is 25.5. The molecule has 6 aromatic rings. The summed E-state index contributed by atoms with van der Waals surface area (Å²) in [5.41, 5.74) is 2.36. The summed E-state index contributed by atoms with van der Waals surface area (Å²) in [7, 11) is -2.82. The van der Waals surface area contributed by atoms with Gasteiger partial charge in [-0.15, -0.1) is 0 Å². The number of benzene rings is 3. The average Bonchev–Trinajstić information content (AvgIpc) is 3.60. The molecule has 44 heavy (non-hydrogen) atoms. The van der Waals surface area contributed by atoms with E-state index in [1.807, 2.05) is 30.3 Å². The maximum absolute atomic E-state index is 13.8. The lowest BCUT2D eigenvalue weighted by Gasteiger charge is -2.24. The molecule has 0 unspecified atom stereocenters. The normalized spacial score (nSPS) is 11.9. The third kappa shape index (κ3) is 5.37. The molecule has 2 N–H and O–H groups in total. The number of H-pyrrole nitrogens is 1. The van der Waals surface area contributed by atoms with Gasteiger partial charge in [0.15, 0.2) is 5.82 Å². The van der Waals surface area contributed by atoms with Gasteiger partial charge in [-0.2, -0.15) is 0 Å². The van der Waals surface area contributed by atoms with Crippen molar-refractivity contribution in [1.29, 1.82) is 0 Å². The second kappa shape index (κ2) is 11.2. The van der Waals surface area contributed by atoms with Crippen LogP contribution < -0.4 is 9.62 Å². The zero-order valence-electron chi connectivity index (χ0n) is 23.3. The van der Waals surface area contributed by atoms with Gasteiger partial charge in [-0.25, -0.2) is 31.6 Å². The first-order chi connectivity index (χ1) is 21.0. The van der Waals surface area contributed by atoms with Crippen LogP contribution in [0.4, 0.5) is 18.9 Å². The Morgan fingerprint density at radius 3 is 2.50 bits per heavy atom. The van der Waals surface area contributed by atoms with Crippen LogP contribution in [0.15, 0.2) is 83.4 Å². The van der Waals surface area contributed by atoms with Crippen molar-refractivity contribution < 1.29 is 30.8 Å². The predicted molar refractivity (Wildman–Crippen MR) is 162 cm³/mol. The van der Waals surface area contributed by atoms with Gasteiger partial charge in [0.05, 0.1) is 35.4 Å². The van der Waals surface area contributed by atoms with E-state index in [9.17, 15) is 26.4 Å². The highest BCUT2D eigenvalue weighted by molar-refractivity contribution is 7.92. The molecule has 224 valence electrons. The SMILES string of the molecule is CNC(=O)c1c(-c2ccc(F)cc2)oc2cc(N(CC(F)F)S(C)(=O)=O)c(-c3nccc(-c4cc5ccccc5[nH]4)n3)cc12. The van der Waals surface area contributed by atoms with Gasteiger partial charge in [-0.3, -0.25) is 9.10 Å². The summed E-state index contributed by atoms with van der Waals surface area (Å²) in [6, 6.07) is 19.1. The molecule has 0 saturated heterocycles. The highest BCUT2D eigenvalue weighted by atomic mass is 32.2. The summed E-state index contributed by atoms with van der Waals surface area (Å²) >= 11 is 0. The van der Waals surface area contributed by atoms with Crippen LogP contribution in [0.1, 0.15) is 10.4 Å². The van der Waals surface area contributed by atoms with Crippen LogP contribution in [0.5, 0.6) is 0 Å². The van der Waals surface area contributed by atoms with E-state index in [-0.39, 0.29) is 39.4 Å². The third-order valence-corrected chi connectivity index (χ3v) is 8.19. The average molecular weight is 620 g/mol. The number of nitrogens with one attached hydrogen (secondary N) is 2. The van der Waals surface area contributed by atoms with E-state index in [1.54, 1.807) is 6.07 Å². The third-order valence-electron chi connectivity index (χ3n) is 7.04. The summed E-state index contributed by atoms with van der Waals surface area (Å²) in [5, 5.41) is 3.74. The van der Waals surface area contributed by atoms with E-state index in [4.69, 9.17) is 4.42 Å². The minimum absolute atomic E-state index is 0.0216. The smallest absolute Gasteiger partial charge is 0.257 e. The van der Waals surface area contributed by atoms with Crippen molar-refractivity contribution in [2.45, 2.75) is 6.43 Å². The van der Waals surface area contributed by atoms with Crippen molar-refractivity contribution in [3.8, 4) is 34.1 Å². The summed E-state index contributed by atoms with van der Waals surface area (Å²) in [5.74, 6) is -0.941. The molecule has 0 fully saturated rings. The van der Waals surface area contributed by atoms with Crippen LogP contribution in [0.25, 0.3) is 56.0 Å². The Morgan fingerprint density at radius 2 is 1.82 bits per heavy atom. The van der Waals surface area contributed by atoms with Crippen LogP contribution in [0.3, 0.4) is 0 Å². The number of para-hydroxylation sites is 1. The van der Waals surface area contributed by atoms with E-state index in [2.05, 4.69) is 20.3 Å². The molecule has 0 aliphatic heterocycles. The molecule has 9 nitrogen and oxygen atoms in total. The summed E-state index contributed by atoms with van der Waals surface area (Å²) in [6.07, 6.45) is -0.735. The van der Waals surface area contributed by atoms with Crippen molar-refractivity contribution >= 4 is 43.5 Å². The number of nitrogens with zero attached hydrogens (tertiary/aromatic N) is 3. The first-order valence-corrected chi connectivity index (χ1v) is 15.1. The molecule has 3 heterocycles. The maximum Gasteiger partial charge on any atom is 0.257 e. The number of hydrogen-bond donors (Lipinski definition) is 2. The topological polar surface area (TPSA) is 121 Å². The van der Waals surface area contributed by atoms with Crippen LogP contribution in [-0.2, 0) is 10.0 Å². The number of furan rings is 1. The number of sulfonamides is 1. The molecule has 0 saturated carbocycles. The van der Waals surface area contributed by atoms with E-state index >= 15 is 0 Å². The van der Waals surface area contributed by atoms with E-state index < -0.39 is 34.7 Å². The highest BCUT2D eigenvalue weighted by Gasteiger charge is 2.29. The summed E-state index contributed by atoms with van der Waals surface area (Å²) in [6.45, 7) is -1.15. The van der Waals surface area contributed by atoms with E-state index in [0.29, 0.717) is 21.3 Å². The second-order valence-corrected chi connectivity index (χ2v) is 11.9. The Labute approximate surface area is 249 Å². The number of aromatic nitrogens is 3. The summed E-state index contributed by atoms with van der Waals surface area (Å²) < 4.78 is 73.6. The standard InChI is InChI=1S/C31H24F3N5O4S/c1-35-31(40)28-21-14-20(30-36-12-11-23(38-30)24-13-18-5-3-4-6-22(18)37-24)25(39(16-27(33)34)44(2,41)42)15-26(21)43-29(28)17-7-9-19(32)10-8-17/h3-15,27,37H,16H2,1-2H3,(H,35,40). The lowest BCUT2D eigenvalue weighted by Crippen LogP contribution is -2.34. The molecular weight excluding hydrogens is 595 g/mol. The minimum atomic E-state index is -4.24. The zero-order valence-corrected chi connectivity index (χ0v) is 24.1. The molecule has 3 aromatic heterocycles. The van der Waals surface area contributed by atoms with Crippen molar-refractivity contribution in [2.75, 3.05) is 24.2 Å². The van der Waals surface area contributed by atoms with Gasteiger partial charge in [0, 0.05) is 46.7 Å². The van der Waals surface area contributed by atoms with Gasteiger partial charge < -0.3 is 14.7 Å². The number of hydrogen-bond acceptors (Lipinski definition) is 6. The maximum atomic E-state index is 13.8. The Morgan fingerprint density at radius 1 is 1.07 bits per heavy atom. The molecule has 3 aromatic carbocycles. The molecular formula is C31H24F3N5O4S. The largest absolute Gasteiger partial charge is 0.455 e. The fraction of sp³-hybridized carbons (Fsp3) is 0.129. The molecule has 0 radical (unpaired) electrons. The molecule has 0 spiro atoms. The van der Waals surface area contributed by atoms with Crippen molar-refractivity contribution in [2.24, 2.45) is 0 Å². The number of rotatable bonds is 8. The quantitative estimate of drug-likeness (QED) is 0.208. The number of halogens is 3. The molecule has 0 aliphatic carbocycles. The lowest BCUT2D eigenvalue weighted by molar-refractivity contribution is 0.0964. The van der Waals surface area contributed by atoms with Crippen molar-refractivity contribution in [3.63, 3.8) is 0 Å². The van der Waals surface area contributed by atoms with Gasteiger partial charge in [-0.1, -0.05) is 18.2 Å². The van der Waals surface area contributed by atoms with Crippen LogP contribution in [0.2, 0.25) is 0 Å². The predicted octanol–water partition coefficient (Wildman–Crippen LogP) is 6.23. The van der Waals surface area contributed by atoms with Gasteiger partial charge in [-0.05, 0) is 48.5 Å². The minimum Gasteiger partial charge on any atom is -0.455 e. The van der Waals surface area contributed by atoms with E-state index in [0.717, 1.165) is 17.2 Å². The van der Waals surface area contributed by atoms with Crippen LogP contribution in [-0.4, -0.2) is 55.6 Å². The molecule has 0 atom stereocenters.